The van der Waals surface area contributed by atoms with E-state index in [0.717, 1.165) is 41.8 Å². The molecule has 0 spiro atoms. The van der Waals surface area contributed by atoms with Gasteiger partial charge in [-0.25, -0.2) is 9.78 Å². The van der Waals surface area contributed by atoms with Crippen LogP contribution in [0.4, 0.5) is 10.5 Å². The van der Waals surface area contributed by atoms with Gasteiger partial charge in [0.25, 0.3) is 0 Å². The highest BCUT2D eigenvalue weighted by Crippen LogP contribution is 2.31. The summed E-state index contributed by atoms with van der Waals surface area (Å²) in [6.07, 6.45) is 6.87. The molecule has 1 aromatic heterocycles. The molecule has 2 amide bonds. The highest BCUT2D eigenvalue weighted by atomic mass is 35.5. The fourth-order valence-electron chi connectivity index (χ4n) is 4.49. The van der Waals surface area contributed by atoms with Crippen LogP contribution in [0, 0.1) is 25.2 Å². The van der Waals surface area contributed by atoms with Crippen LogP contribution in [0.5, 0.6) is 0 Å². The monoisotopic (exact) mass is 477 g/mol. The van der Waals surface area contributed by atoms with Crippen molar-refractivity contribution in [2.45, 2.75) is 59.2 Å². The second kappa shape index (κ2) is 11.2. The lowest BCUT2D eigenvalue weighted by Crippen LogP contribution is -2.35. The molecule has 1 aliphatic rings. The van der Waals surface area contributed by atoms with E-state index < -0.39 is 0 Å². The molecule has 2 aromatic carbocycles. The lowest BCUT2D eigenvalue weighted by atomic mass is 10.1. The second-order valence-corrected chi connectivity index (χ2v) is 8.86. The van der Waals surface area contributed by atoms with Crippen LogP contribution in [-0.4, -0.2) is 33.1 Å². The smallest absolute Gasteiger partial charge is 0.325 e. The topological polar surface area (TPSA) is 65.2 Å². The van der Waals surface area contributed by atoms with E-state index in [2.05, 4.69) is 48.5 Å². The maximum absolute atomic E-state index is 13.6. The Balaban J connectivity index is 0.00000324. The van der Waals surface area contributed by atoms with Crippen molar-refractivity contribution in [2.24, 2.45) is 0 Å². The lowest BCUT2D eigenvalue weighted by Gasteiger charge is -2.24. The van der Waals surface area contributed by atoms with Crippen molar-refractivity contribution in [3.05, 3.63) is 82.9 Å². The summed E-state index contributed by atoms with van der Waals surface area (Å²) in [6, 6.07) is 16.2. The van der Waals surface area contributed by atoms with Crippen molar-refractivity contribution in [1.82, 2.24) is 14.5 Å². The van der Waals surface area contributed by atoms with E-state index in [-0.39, 0.29) is 24.5 Å². The van der Waals surface area contributed by atoms with Crippen molar-refractivity contribution in [3.63, 3.8) is 0 Å². The highest BCUT2D eigenvalue weighted by Gasteiger charge is 2.38. The number of urea groups is 1. The summed E-state index contributed by atoms with van der Waals surface area (Å²) in [5, 5.41) is 9.03. The Bertz CT molecular complexity index is 1160. The van der Waals surface area contributed by atoms with E-state index >= 15 is 0 Å². The van der Waals surface area contributed by atoms with Crippen molar-refractivity contribution in [2.75, 3.05) is 11.4 Å². The molecule has 0 saturated carbocycles. The lowest BCUT2D eigenvalue weighted by molar-refractivity contribution is 0.197. The standard InChI is InChI=1S/C27H31N5O.ClH/c1-4-5-8-24-17-32(26-9-6-7-20(2)21(26)3)27(33)31(24)18-25-15-29-19-30(25)16-23-12-10-22(14-28)11-13-23;/h6-7,9-13,15,19,24H,4-5,8,16-18H2,1-3H3;1H/t24-;/m0./s1. The molecule has 178 valence electrons. The Hall–Kier alpha value is -3.30. The number of halogens is 1. The van der Waals surface area contributed by atoms with Gasteiger partial charge in [-0.1, -0.05) is 44.0 Å². The molecular formula is C27H32ClN5O. The number of hydrogen-bond donors (Lipinski definition) is 0. The van der Waals surface area contributed by atoms with E-state index in [0.29, 0.717) is 25.2 Å². The number of imidazole rings is 1. The molecule has 2 heterocycles. The molecule has 0 bridgehead atoms. The Labute approximate surface area is 208 Å². The normalized spacial score (nSPS) is 15.4. The number of nitriles is 1. The van der Waals surface area contributed by atoms with Crippen molar-refractivity contribution >= 4 is 24.1 Å². The zero-order valence-corrected chi connectivity index (χ0v) is 20.9. The SMILES string of the molecule is CCCC[C@H]1CN(c2cccc(C)c2C)C(=O)N1Cc1cncn1Cc1ccc(C#N)cc1.Cl. The van der Waals surface area contributed by atoms with Gasteiger partial charge in [0.2, 0.25) is 0 Å². The number of aryl methyl sites for hydroxylation is 1. The van der Waals surface area contributed by atoms with Gasteiger partial charge in [0.05, 0.1) is 36.2 Å². The quantitative estimate of drug-likeness (QED) is 0.409. The van der Waals surface area contributed by atoms with Gasteiger partial charge in [0.1, 0.15) is 0 Å². The van der Waals surface area contributed by atoms with Crippen LogP contribution in [-0.2, 0) is 13.1 Å². The maximum Gasteiger partial charge on any atom is 0.325 e. The third kappa shape index (κ3) is 5.26. The van der Waals surface area contributed by atoms with Gasteiger partial charge in [-0.05, 0) is 55.2 Å². The number of rotatable bonds is 8. The molecule has 1 fully saturated rings. The Morgan fingerprint density at radius 2 is 1.88 bits per heavy atom. The summed E-state index contributed by atoms with van der Waals surface area (Å²) >= 11 is 0. The van der Waals surface area contributed by atoms with Crippen LogP contribution in [0.3, 0.4) is 0 Å². The van der Waals surface area contributed by atoms with Crippen LogP contribution in [0.25, 0.3) is 0 Å². The number of carbonyl (C=O) groups is 1. The minimum absolute atomic E-state index is 0. The van der Waals surface area contributed by atoms with Gasteiger partial charge in [0.15, 0.2) is 0 Å². The zero-order chi connectivity index (χ0) is 23.4. The largest absolute Gasteiger partial charge is 0.329 e. The molecule has 0 radical (unpaired) electrons. The fraction of sp³-hybridized carbons (Fsp3) is 0.370. The minimum atomic E-state index is 0. The molecule has 1 aliphatic heterocycles. The van der Waals surface area contributed by atoms with Crippen molar-refractivity contribution < 1.29 is 4.79 Å². The summed E-state index contributed by atoms with van der Waals surface area (Å²) in [6.45, 7) is 8.28. The van der Waals surface area contributed by atoms with Gasteiger partial charge in [-0.15, -0.1) is 12.4 Å². The Kier molecular flexibility index (Phi) is 8.36. The average molecular weight is 478 g/mol. The van der Waals surface area contributed by atoms with Gasteiger partial charge in [-0.3, -0.25) is 4.90 Å². The van der Waals surface area contributed by atoms with Gasteiger partial charge in [-0.2, -0.15) is 5.26 Å². The number of benzene rings is 2. The summed E-state index contributed by atoms with van der Waals surface area (Å²) < 4.78 is 2.09. The Morgan fingerprint density at radius 3 is 2.59 bits per heavy atom. The number of unbranched alkanes of at least 4 members (excludes halogenated alkanes) is 1. The molecule has 7 heteroatoms. The molecule has 0 aliphatic carbocycles. The van der Waals surface area contributed by atoms with Crippen LogP contribution < -0.4 is 4.90 Å². The van der Waals surface area contributed by atoms with Crippen molar-refractivity contribution in [1.29, 1.82) is 5.26 Å². The van der Waals surface area contributed by atoms with Crippen LogP contribution in [0.15, 0.2) is 55.0 Å². The first-order valence-corrected chi connectivity index (χ1v) is 11.6. The zero-order valence-electron chi connectivity index (χ0n) is 20.1. The van der Waals surface area contributed by atoms with Gasteiger partial charge < -0.3 is 9.47 Å². The van der Waals surface area contributed by atoms with Crippen LogP contribution in [0.2, 0.25) is 0 Å². The van der Waals surface area contributed by atoms with Crippen LogP contribution >= 0.6 is 12.4 Å². The molecule has 1 atom stereocenters. The summed E-state index contributed by atoms with van der Waals surface area (Å²) in [4.78, 5) is 21.9. The average Bonchev–Trinajstić information content (AvgIpc) is 3.39. The van der Waals surface area contributed by atoms with Crippen LogP contribution in [0.1, 0.15) is 54.1 Å². The predicted molar refractivity (Wildman–Crippen MR) is 137 cm³/mol. The number of carbonyl (C=O) groups excluding carboxylic acids is 1. The molecule has 1 saturated heterocycles. The van der Waals surface area contributed by atoms with E-state index in [9.17, 15) is 4.79 Å². The first-order chi connectivity index (χ1) is 16.0. The molecule has 3 aromatic rings. The molecule has 0 unspecified atom stereocenters. The predicted octanol–water partition coefficient (Wildman–Crippen LogP) is 5.84. The molecule has 0 N–H and O–H groups in total. The maximum atomic E-state index is 13.6. The van der Waals surface area contributed by atoms with Crippen molar-refractivity contribution in [3.8, 4) is 6.07 Å². The van der Waals surface area contributed by atoms with E-state index in [4.69, 9.17) is 5.26 Å². The number of hydrogen-bond acceptors (Lipinski definition) is 3. The first kappa shape index (κ1) is 25.3. The molecule has 4 rings (SSSR count). The third-order valence-electron chi connectivity index (χ3n) is 6.64. The van der Waals surface area contributed by atoms with E-state index in [1.807, 2.05) is 52.7 Å². The summed E-state index contributed by atoms with van der Waals surface area (Å²) in [7, 11) is 0. The van der Waals surface area contributed by atoms with Gasteiger partial charge in [0, 0.05) is 25.0 Å². The second-order valence-electron chi connectivity index (χ2n) is 8.86. The Morgan fingerprint density at radius 1 is 1.12 bits per heavy atom. The molecule has 6 nitrogen and oxygen atoms in total. The highest BCUT2D eigenvalue weighted by molar-refractivity contribution is 5.95. The number of nitrogens with zero attached hydrogens (tertiary/aromatic N) is 5. The number of amides is 2. The summed E-state index contributed by atoms with van der Waals surface area (Å²) in [5.41, 5.74) is 6.13. The first-order valence-electron chi connectivity index (χ1n) is 11.6. The number of anilines is 1. The summed E-state index contributed by atoms with van der Waals surface area (Å²) in [5.74, 6) is 0. The van der Waals surface area contributed by atoms with E-state index in [1.54, 1.807) is 0 Å². The molecular weight excluding hydrogens is 446 g/mol. The van der Waals surface area contributed by atoms with Gasteiger partial charge >= 0.3 is 6.03 Å². The minimum Gasteiger partial charge on any atom is -0.329 e. The number of aromatic nitrogens is 2. The van der Waals surface area contributed by atoms with E-state index in [1.165, 1.54) is 5.56 Å². The molecule has 34 heavy (non-hydrogen) atoms. The fourth-order valence-corrected chi connectivity index (χ4v) is 4.49. The third-order valence-corrected chi connectivity index (χ3v) is 6.64.